The third-order valence-corrected chi connectivity index (χ3v) is 3.99. The number of aryl methyl sites for hydroxylation is 1. The molecule has 0 aliphatic heterocycles. The van der Waals surface area contributed by atoms with E-state index in [4.69, 9.17) is 0 Å². The van der Waals surface area contributed by atoms with Gasteiger partial charge < -0.3 is 0 Å². The maximum atomic E-state index is 12.1. The van der Waals surface area contributed by atoms with E-state index in [1.807, 2.05) is 25.1 Å². The molecule has 0 radical (unpaired) electrons. The van der Waals surface area contributed by atoms with E-state index >= 15 is 0 Å². The van der Waals surface area contributed by atoms with Gasteiger partial charge in [-0.05, 0) is 31.0 Å². The molecule has 1 nitrogen and oxygen atoms in total. The summed E-state index contributed by atoms with van der Waals surface area (Å²) in [4.78, 5) is 12.1. The number of Topliss-reactive ketones (excluding diaryl/α,β-unsaturated/α-hetero) is 1. The molecule has 106 valence electrons. The Bertz CT molecular complexity index is 398. The zero-order valence-electron chi connectivity index (χ0n) is 12.2. The van der Waals surface area contributed by atoms with E-state index in [1.54, 1.807) is 0 Å². The average Bonchev–Trinajstić information content (AvgIpc) is 2.37. The van der Waals surface area contributed by atoms with Crippen LogP contribution in [0.1, 0.15) is 74.2 Å². The predicted molar refractivity (Wildman–Crippen MR) is 85.8 cm³/mol. The monoisotopic (exact) mass is 324 g/mol. The molecule has 0 aliphatic carbocycles. The molecule has 0 amide bonds. The van der Waals surface area contributed by atoms with Crippen molar-refractivity contribution >= 4 is 21.7 Å². The van der Waals surface area contributed by atoms with Gasteiger partial charge in [-0.1, -0.05) is 67.4 Å². The van der Waals surface area contributed by atoms with Crippen LogP contribution < -0.4 is 0 Å². The minimum atomic E-state index is 0.290. The van der Waals surface area contributed by atoms with Crippen molar-refractivity contribution in [1.82, 2.24) is 0 Å². The molecule has 0 aromatic heterocycles. The number of carbonyl (C=O) groups is 1. The van der Waals surface area contributed by atoms with Crippen LogP contribution >= 0.6 is 15.9 Å². The molecule has 0 fully saturated rings. The molecule has 0 N–H and O–H groups in total. The minimum absolute atomic E-state index is 0.290. The molecule has 1 aromatic rings. The van der Waals surface area contributed by atoms with Crippen molar-refractivity contribution in [2.45, 2.75) is 65.2 Å². The van der Waals surface area contributed by atoms with E-state index in [9.17, 15) is 4.79 Å². The summed E-state index contributed by atoms with van der Waals surface area (Å²) in [5, 5.41) is 0. The van der Waals surface area contributed by atoms with Crippen LogP contribution in [0.15, 0.2) is 22.7 Å². The topological polar surface area (TPSA) is 17.1 Å². The van der Waals surface area contributed by atoms with Gasteiger partial charge in [-0.2, -0.15) is 0 Å². The Hall–Kier alpha value is -0.630. The third kappa shape index (κ3) is 6.38. The van der Waals surface area contributed by atoms with Gasteiger partial charge in [0.05, 0.1) is 0 Å². The molecule has 19 heavy (non-hydrogen) atoms. The first-order chi connectivity index (χ1) is 9.15. The number of carbonyl (C=O) groups excluding carboxylic acids is 1. The molecule has 0 unspecified atom stereocenters. The van der Waals surface area contributed by atoms with Gasteiger partial charge in [0.15, 0.2) is 5.78 Å². The van der Waals surface area contributed by atoms with Gasteiger partial charge in [0.25, 0.3) is 0 Å². The highest BCUT2D eigenvalue weighted by Gasteiger charge is 2.08. The zero-order chi connectivity index (χ0) is 14.1. The molecule has 0 atom stereocenters. The van der Waals surface area contributed by atoms with Gasteiger partial charge in [-0.3, -0.25) is 4.79 Å². The normalized spacial score (nSPS) is 10.7. The first-order valence-corrected chi connectivity index (χ1v) is 8.23. The van der Waals surface area contributed by atoms with Gasteiger partial charge in [-0.25, -0.2) is 0 Å². The molecule has 0 saturated carbocycles. The van der Waals surface area contributed by atoms with Crippen molar-refractivity contribution in [2.75, 3.05) is 0 Å². The van der Waals surface area contributed by atoms with Gasteiger partial charge in [0, 0.05) is 16.5 Å². The van der Waals surface area contributed by atoms with E-state index in [1.165, 1.54) is 38.5 Å². The third-order valence-electron chi connectivity index (χ3n) is 3.50. The highest BCUT2D eigenvalue weighted by molar-refractivity contribution is 9.10. The second kappa shape index (κ2) is 9.30. The van der Waals surface area contributed by atoms with E-state index < -0.39 is 0 Å². The van der Waals surface area contributed by atoms with E-state index in [0.29, 0.717) is 12.2 Å². The molecule has 0 spiro atoms. The van der Waals surface area contributed by atoms with Crippen LogP contribution in [0.3, 0.4) is 0 Å². The fraction of sp³-hybridized carbons (Fsp3) is 0.588. The van der Waals surface area contributed by atoms with Crippen LogP contribution in [0.4, 0.5) is 0 Å². The fourth-order valence-corrected chi connectivity index (χ4v) is 2.79. The van der Waals surface area contributed by atoms with Crippen molar-refractivity contribution in [3.8, 4) is 0 Å². The molecular weight excluding hydrogens is 300 g/mol. The van der Waals surface area contributed by atoms with Crippen molar-refractivity contribution in [2.24, 2.45) is 0 Å². The lowest BCUT2D eigenvalue weighted by Gasteiger charge is -2.05. The van der Waals surface area contributed by atoms with Crippen LogP contribution in [0.5, 0.6) is 0 Å². The summed E-state index contributed by atoms with van der Waals surface area (Å²) in [6.45, 7) is 4.24. The number of ketones is 1. The maximum Gasteiger partial charge on any atom is 0.163 e. The van der Waals surface area contributed by atoms with Gasteiger partial charge in [-0.15, -0.1) is 0 Å². The number of halogens is 1. The molecule has 1 rings (SSSR count). The SMILES string of the molecule is CCCCCCCCCC(=O)c1ccc(Br)cc1C. The first-order valence-electron chi connectivity index (χ1n) is 7.44. The molecule has 2 heteroatoms. The summed E-state index contributed by atoms with van der Waals surface area (Å²) in [6.07, 6.45) is 9.47. The van der Waals surface area contributed by atoms with Crippen molar-refractivity contribution < 1.29 is 4.79 Å². The molecule has 0 saturated heterocycles. The van der Waals surface area contributed by atoms with Crippen LogP contribution in [0, 0.1) is 6.92 Å². The van der Waals surface area contributed by atoms with Crippen molar-refractivity contribution in [3.63, 3.8) is 0 Å². The predicted octanol–water partition coefficient (Wildman–Crippen LogP) is 6.08. The van der Waals surface area contributed by atoms with Crippen LogP contribution in [-0.2, 0) is 0 Å². The summed E-state index contributed by atoms with van der Waals surface area (Å²) in [7, 11) is 0. The fourth-order valence-electron chi connectivity index (χ4n) is 2.32. The van der Waals surface area contributed by atoms with Crippen LogP contribution in [0.2, 0.25) is 0 Å². The van der Waals surface area contributed by atoms with E-state index in [0.717, 1.165) is 22.0 Å². The molecule has 0 aliphatic rings. The van der Waals surface area contributed by atoms with Gasteiger partial charge in [0.2, 0.25) is 0 Å². The lowest BCUT2D eigenvalue weighted by molar-refractivity contribution is 0.0978. The smallest absolute Gasteiger partial charge is 0.163 e. The van der Waals surface area contributed by atoms with Gasteiger partial charge >= 0.3 is 0 Å². The second-order valence-corrected chi connectivity index (χ2v) is 6.17. The van der Waals surface area contributed by atoms with Gasteiger partial charge in [0.1, 0.15) is 0 Å². The first kappa shape index (κ1) is 16.4. The number of rotatable bonds is 9. The number of benzene rings is 1. The number of unbranched alkanes of at least 4 members (excludes halogenated alkanes) is 6. The van der Waals surface area contributed by atoms with Crippen LogP contribution in [-0.4, -0.2) is 5.78 Å². The Kier molecular flexibility index (Phi) is 8.04. The van der Waals surface area contributed by atoms with E-state index in [2.05, 4.69) is 22.9 Å². The Labute approximate surface area is 125 Å². The molecule has 1 aromatic carbocycles. The minimum Gasteiger partial charge on any atom is -0.294 e. The lowest BCUT2D eigenvalue weighted by atomic mass is 10.00. The summed E-state index contributed by atoms with van der Waals surface area (Å²) in [6, 6.07) is 5.89. The largest absolute Gasteiger partial charge is 0.294 e. The lowest BCUT2D eigenvalue weighted by Crippen LogP contribution is -2.01. The highest BCUT2D eigenvalue weighted by atomic mass is 79.9. The zero-order valence-corrected chi connectivity index (χ0v) is 13.8. The standard InChI is InChI=1S/C17H25BrO/c1-3-4-5-6-7-8-9-10-17(19)16-12-11-15(18)13-14(16)2/h11-13H,3-10H2,1-2H3. The number of hydrogen-bond donors (Lipinski definition) is 0. The number of hydrogen-bond acceptors (Lipinski definition) is 1. The van der Waals surface area contributed by atoms with Crippen molar-refractivity contribution in [3.05, 3.63) is 33.8 Å². The Morgan fingerprint density at radius 1 is 1.05 bits per heavy atom. The summed E-state index contributed by atoms with van der Waals surface area (Å²) in [5.74, 6) is 0.290. The van der Waals surface area contributed by atoms with Crippen molar-refractivity contribution in [1.29, 1.82) is 0 Å². The maximum absolute atomic E-state index is 12.1. The summed E-state index contributed by atoms with van der Waals surface area (Å²) >= 11 is 3.43. The Morgan fingerprint density at radius 2 is 1.68 bits per heavy atom. The van der Waals surface area contributed by atoms with E-state index in [-0.39, 0.29) is 0 Å². The van der Waals surface area contributed by atoms with Crippen LogP contribution in [0.25, 0.3) is 0 Å². The second-order valence-electron chi connectivity index (χ2n) is 5.25. The summed E-state index contributed by atoms with van der Waals surface area (Å²) in [5.41, 5.74) is 1.96. The highest BCUT2D eigenvalue weighted by Crippen LogP contribution is 2.18. The quantitative estimate of drug-likeness (QED) is 0.397. The average molecular weight is 325 g/mol. The Morgan fingerprint density at radius 3 is 2.32 bits per heavy atom. The Balaban J connectivity index is 2.24. The summed E-state index contributed by atoms with van der Waals surface area (Å²) < 4.78 is 1.04. The molecule has 0 heterocycles. The molecule has 0 bridgehead atoms. The molecular formula is C17H25BrO.